The summed E-state index contributed by atoms with van der Waals surface area (Å²) in [6.45, 7) is 12.5. The molecule has 1 aliphatic heterocycles. The summed E-state index contributed by atoms with van der Waals surface area (Å²) in [5.74, 6) is 0. The fourth-order valence-corrected chi connectivity index (χ4v) is 2.78. The summed E-state index contributed by atoms with van der Waals surface area (Å²) in [6.07, 6.45) is 2.85. The predicted octanol–water partition coefficient (Wildman–Crippen LogP) is 1.25. The molecular formula is C14H28N2O2. The van der Waals surface area contributed by atoms with Crippen molar-refractivity contribution in [1.29, 1.82) is 0 Å². The van der Waals surface area contributed by atoms with Gasteiger partial charge in [0.05, 0.1) is 19.3 Å². The summed E-state index contributed by atoms with van der Waals surface area (Å²) in [7, 11) is 0. The third-order valence-corrected chi connectivity index (χ3v) is 4.19. The van der Waals surface area contributed by atoms with E-state index in [1.165, 1.54) is 12.8 Å². The maximum absolute atomic E-state index is 5.59. The van der Waals surface area contributed by atoms with E-state index in [2.05, 4.69) is 31.0 Å². The fraction of sp³-hybridized carbons (Fsp3) is 1.00. The van der Waals surface area contributed by atoms with E-state index >= 15 is 0 Å². The van der Waals surface area contributed by atoms with Crippen molar-refractivity contribution in [3.05, 3.63) is 0 Å². The van der Waals surface area contributed by atoms with Gasteiger partial charge in [-0.1, -0.05) is 0 Å². The second kappa shape index (κ2) is 6.33. The standard InChI is InChI=1S/C14H28N2O2/c1-4-18-13-9-12(10-13)15-11-14(2,3)16-5-7-17-8-6-16/h12-13,15H,4-11H2,1-3H3. The van der Waals surface area contributed by atoms with Gasteiger partial charge in [-0.3, -0.25) is 4.90 Å². The van der Waals surface area contributed by atoms with Crippen molar-refractivity contribution < 1.29 is 9.47 Å². The Morgan fingerprint density at radius 2 is 1.94 bits per heavy atom. The lowest BCUT2D eigenvalue weighted by Gasteiger charge is -2.43. The van der Waals surface area contributed by atoms with Crippen LogP contribution in [0.4, 0.5) is 0 Å². The number of nitrogens with one attached hydrogen (secondary N) is 1. The topological polar surface area (TPSA) is 33.7 Å². The smallest absolute Gasteiger partial charge is 0.0604 e. The predicted molar refractivity (Wildman–Crippen MR) is 72.9 cm³/mol. The van der Waals surface area contributed by atoms with Crippen molar-refractivity contribution in [3.63, 3.8) is 0 Å². The number of rotatable bonds is 6. The molecule has 0 aromatic heterocycles. The van der Waals surface area contributed by atoms with Crippen LogP contribution in [0, 0.1) is 0 Å². The van der Waals surface area contributed by atoms with Gasteiger partial charge >= 0.3 is 0 Å². The molecule has 4 nitrogen and oxygen atoms in total. The zero-order chi connectivity index (χ0) is 13.0. The minimum Gasteiger partial charge on any atom is -0.379 e. The average Bonchev–Trinajstić information content (AvgIpc) is 2.33. The maximum atomic E-state index is 5.59. The highest BCUT2D eigenvalue weighted by molar-refractivity contribution is 4.91. The van der Waals surface area contributed by atoms with Crippen molar-refractivity contribution in [2.24, 2.45) is 0 Å². The number of ether oxygens (including phenoxy) is 2. The lowest BCUT2D eigenvalue weighted by Crippen LogP contribution is -2.57. The van der Waals surface area contributed by atoms with Crippen molar-refractivity contribution in [1.82, 2.24) is 10.2 Å². The Morgan fingerprint density at radius 3 is 2.56 bits per heavy atom. The third kappa shape index (κ3) is 3.67. The monoisotopic (exact) mass is 256 g/mol. The van der Waals surface area contributed by atoms with Crippen LogP contribution in [0.25, 0.3) is 0 Å². The van der Waals surface area contributed by atoms with E-state index in [0.29, 0.717) is 12.1 Å². The van der Waals surface area contributed by atoms with Crippen LogP contribution in [0.3, 0.4) is 0 Å². The quantitative estimate of drug-likeness (QED) is 0.775. The minimum absolute atomic E-state index is 0.223. The molecule has 106 valence electrons. The zero-order valence-corrected chi connectivity index (χ0v) is 12.1. The normalized spacial score (nSPS) is 30.2. The number of morpholine rings is 1. The molecule has 0 spiro atoms. The molecule has 1 aliphatic carbocycles. The minimum atomic E-state index is 0.223. The van der Waals surface area contributed by atoms with Crippen molar-refractivity contribution >= 4 is 0 Å². The van der Waals surface area contributed by atoms with E-state index in [0.717, 1.165) is 39.5 Å². The van der Waals surface area contributed by atoms with Gasteiger partial charge < -0.3 is 14.8 Å². The van der Waals surface area contributed by atoms with Gasteiger partial charge in [-0.25, -0.2) is 0 Å². The molecule has 0 atom stereocenters. The molecule has 0 aromatic carbocycles. The Kier molecular flexibility index (Phi) is 5.01. The summed E-state index contributed by atoms with van der Waals surface area (Å²) in [5, 5.41) is 3.68. The first-order valence-corrected chi connectivity index (χ1v) is 7.29. The van der Waals surface area contributed by atoms with Crippen LogP contribution < -0.4 is 5.32 Å². The average molecular weight is 256 g/mol. The lowest BCUT2D eigenvalue weighted by molar-refractivity contribution is -0.0257. The van der Waals surface area contributed by atoms with Crippen LogP contribution in [-0.4, -0.2) is 62.0 Å². The van der Waals surface area contributed by atoms with E-state index in [1.807, 2.05) is 0 Å². The number of nitrogens with zero attached hydrogens (tertiary/aromatic N) is 1. The van der Waals surface area contributed by atoms with Gasteiger partial charge in [0.25, 0.3) is 0 Å². The molecule has 1 N–H and O–H groups in total. The first kappa shape index (κ1) is 14.3. The highest BCUT2D eigenvalue weighted by atomic mass is 16.5. The molecule has 2 fully saturated rings. The van der Waals surface area contributed by atoms with Crippen molar-refractivity contribution in [2.45, 2.75) is 51.3 Å². The van der Waals surface area contributed by atoms with Gasteiger partial charge in [0.15, 0.2) is 0 Å². The second-order valence-electron chi connectivity index (χ2n) is 6.04. The molecule has 1 saturated heterocycles. The third-order valence-electron chi connectivity index (χ3n) is 4.19. The second-order valence-corrected chi connectivity index (χ2v) is 6.04. The molecule has 0 bridgehead atoms. The van der Waals surface area contributed by atoms with Crippen LogP contribution in [0.1, 0.15) is 33.6 Å². The Hall–Kier alpha value is -0.160. The summed E-state index contributed by atoms with van der Waals surface area (Å²) >= 11 is 0. The van der Waals surface area contributed by atoms with E-state index in [9.17, 15) is 0 Å². The summed E-state index contributed by atoms with van der Waals surface area (Å²) in [5.41, 5.74) is 0.223. The first-order chi connectivity index (χ1) is 8.62. The maximum Gasteiger partial charge on any atom is 0.0604 e. The molecule has 1 heterocycles. The molecule has 4 heteroatoms. The van der Waals surface area contributed by atoms with Crippen molar-refractivity contribution in [3.8, 4) is 0 Å². The van der Waals surface area contributed by atoms with E-state index in [-0.39, 0.29) is 5.54 Å². The van der Waals surface area contributed by atoms with Gasteiger partial charge in [-0.15, -0.1) is 0 Å². The molecule has 1 saturated carbocycles. The Balaban J connectivity index is 1.66. The molecule has 0 amide bonds. The Labute approximate surface area is 111 Å². The highest BCUT2D eigenvalue weighted by Crippen LogP contribution is 2.24. The Bertz CT molecular complexity index is 246. The Morgan fingerprint density at radius 1 is 1.28 bits per heavy atom. The zero-order valence-electron chi connectivity index (χ0n) is 12.1. The van der Waals surface area contributed by atoms with Gasteiger partial charge in [0.1, 0.15) is 0 Å². The molecule has 0 unspecified atom stereocenters. The SMILES string of the molecule is CCOC1CC(NCC(C)(C)N2CCOCC2)C1. The van der Waals surface area contributed by atoms with Crippen LogP contribution in [0.5, 0.6) is 0 Å². The van der Waals surface area contributed by atoms with Gasteiger partial charge in [0.2, 0.25) is 0 Å². The molecule has 0 radical (unpaired) electrons. The highest BCUT2D eigenvalue weighted by Gasteiger charge is 2.33. The van der Waals surface area contributed by atoms with E-state index in [1.54, 1.807) is 0 Å². The van der Waals surface area contributed by atoms with Crippen LogP contribution in [0.2, 0.25) is 0 Å². The fourth-order valence-electron chi connectivity index (χ4n) is 2.78. The van der Waals surface area contributed by atoms with Gasteiger partial charge in [-0.05, 0) is 33.6 Å². The van der Waals surface area contributed by atoms with E-state index < -0.39 is 0 Å². The van der Waals surface area contributed by atoms with Crippen LogP contribution in [0.15, 0.2) is 0 Å². The van der Waals surface area contributed by atoms with Gasteiger partial charge in [-0.2, -0.15) is 0 Å². The summed E-state index contributed by atoms with van der Waals surface area (Å²) in [6, 6.07) is 0.655. The van der Waals surface area contributed by atoms with Gasteiger partial charge in [0, 0.05) is 37.8 Å². The lowest BCUT2D eigenvalue weighted by atomic mass is 9.88. The molecule has 0 aromatic rings. The number of hydrogen-bond acceptors (Lipinski definition) is 4. The first-order valence-electron chi connectivity index (χ1n) is 7.29. The molecule has 2 aliphatic rings. The van der Waals surface area contributed by atoms with E-state index in [4.69, 9.17) is 9.47 Å². The molecule has 18 heavy (non-hydrogen) atoms. The largest absolute Gasteiger partial charge is 0.379 e. The van der Waals surface area contributed by atoms with Crippen LogP contribution in [-0.2, 0) is 9.47 Å². The molecular weight excluding hydrogens is 228 g/mol. The number of hydrogen-bond donors (Lipinski definition) is 1. The van der Waals surface area contributed by atoms with Crippen LogP contribution >= 0.6 is 0 Å². The van der Waals surface area contributed by atoms with Crippen molar-refractivity contribution in [2.75, 3.05) is 39.5 Å². The molecule has 2 rings (SSSR count). The summed E-state index contributed by atoms with van der Waals surface area (Å²) in [4.78, 5) is 2.53. The summed E-state index contributed by atoms with van der Waals surface area (Å²) < 4.78 is 11.0.